The van der Waals surface area contributed by atoms with Gasteiger partial charge in [0.05, 0.1) is 33.6 Å². The van der Waals surface area contributed by atoms with Gasteiger partial charge >= 0.3 is 0 Å². The Hall–Kier alpha value is -6.46. The summed E-state index contributed by atoms with van der Waals surface area (Å²) < 4.78 is 2.28. The van der Waals surface area contributed by atoms with Crippen molar-refractivity contribution in [2.75, 3.05) is 0 Å². The van der Waals surface area contributed by atoms with Crippen molar-refractivity contribution in [1.82, 2.24) is 24.5 Å². The first-order valence-electron chi connectivity index (χ1n) is 16.6. The van der Waals surface area contributed by atoms with Crippen LogP contribution in [-0.4, -0.2) is 24.5 Å². The highest BCUT2D eigenvalue weighted by molar-refractivity contribution is 6.19. The summed E-state index contributed by atoms with van der Waals surface area (Å²) in [6, 6.07) is 54.4. The second-order valence-electron chi connectivity index (χ2n) is 12.2. The van der Waals surface area contributed by atoms with Crippen LogP contribution >= 0.6 is 0 Å². The molecule has 0 radical (unpaired) electrons. The monoisotopic (exact) mass is 629 g/mol. The summed E-state index contributed by atoms with van der Waals surface area (Å²) in [5, 5.41) is 3.32. The van der Waals surface area contributed by atoms with Crippen LogP contribution in [0.2, 0.25) is 0 Å². The molecule has 232 valence electrons. The number of hydrogen-bond donors (Lipinski definition) is 0. The molecule has 3 heterocycles. The molecule has 5 nitrogen and oxygen atoms in total. The maximum Gasteiger partial charge on any atom is 0.160 e. The van der Waals surface area contributed by atoms with Gasteiger partial charge in [-0.2, -0.15) is 0 Å². The smallest absolute Gasteiger partial charge is 0.160 e. The minimum absolute atomic E-state index is 0.680. The van der Waals surface area contributed by atoms with E-state index >= 15 is 0 Å². The Morgan fingerprint density at radius 2 is 1.08 bits per heavy atom. The highest BCUT2D eigenvalue weighted by Gasteiger charge is 2.20. The molecule has 9 aromatic rings. The van der Waals surface area contributed by atoms with E-state index in [2.05, 4.69) is 121 Å². The van der Waals surface area contributed by atoms with Gasteiger partial charge in [0.15, 0.2) is 5.82 Å². The third-order valence-corrected chi connectivity index (χ3v) is 9.17. The van der Waals surface area contributed by atoms with Crippen molar-refractivity contribution in [1.29, 1.82) is 0 Å². The van der Waals surface area contributed by atoms with E-state index in [4.69, 9.17) is 19.9 Å². The van der Waals surface area contributed by atoms with Gasteiger partial charge in [0.2, 0.25) is 0 Å². The average molecular weight is 630 g/mol. The van der Waals surface area contributed by atoms with E-state index in [-0.39, 0.29) is 0 Å². The fraction of sp³-hybridized carbons (Fsp3) is 0.0455. The SMILES string of the molecule is CCc1nc2c3c(-c4ccc(-c5nc(-c6ccccc6)cc(-c6ccccc6)n5)cc4)nc4ccccc4c3ccc2n1-c1ccccc1. The normalized spacial score (nSPS) is 11.4. The molecule has 0 amide bonds. The van der Waals surface area contributed by atoms with E-state index in [0.29, 0.717) is 5.82 Å². The van der Waals surface area contributed by atoms with Crippen molar-refractivity contribution in [3.05, 3.63) is 164 Å². The first-order valence-corrected chi connectivity index (χ1v) is 16.6. The van der Waals surface area contributed by atoms with Gasteiger partial charge in [-0.3, -0.25) is 4.57 Å². The summed E-state index contributed by atoms with van der Waals surface area (Å²) in [6.45, 7) is 2.16. The minimum Gasteiger partial charge on any atom is -0.296 e. The largest absolute Gasteiger partial charge is 0.296 e. The van der Waals surface area contributed by atoms with Crippen LogP contribution in [-0.2, 0) is 6.42 Å². The molecule has 0 saturated heterocycles. The van der Waals surface area contributed by atoms with Crippen LogP contribution in [0.15, 0.2) is 158 Å². The Morgan fingerprint density at radius 3 is 1.73 bits per heavy atom. The Balaban J connectivity index is 1.23. The highest BCUT2D eigenvalue weighted by Crippen LogP contribution is 2.39. The number of nitrogens with zero attached hydrogens (tertiary/aromatic N) is 5. The van der Waals surface area contributed by atoms with Gasteiger partial charge in [-0.1, -0.05) is 134 Å². The topological polar surface area (TPSA) is 56.5 Å². The first kappa shape index (κ1) is 28.7. The third kappa shape index (κ3) is 5.04. The fourth-order valence-electron chi connectivity index (χ4n) is 6.81. The fourth-order valence-corrected chi connectivity index (χ4v) is 6.81. The zero-order valence-corrected chi connectivity index (χ0v) is 27.0. The molecule has 49 heavy (non-hydrogen) atoms. The predicted molar refractivity (Wildman–Crippen MR) is 201 cm³/mol. The number of benzene rings is 6. The van der Waals surface area contributed by atoms with Gasteiger partial charge in [0.25, 0.3) is 0 Å². The van der Waals surface area contributed by atoms with Gasteiger partial charge in [-0.05, 0) is 35.7 Å². The van der Waals surface area contributed by atoms with Gasteiger partial charge in [-0.15, -0.1) is 0 Å². The Morgan fingerprint density at radius 1 is 0.490 bits per heavy atom. The molecule has 0 aliphatic heterocycles. The lowest BCUT2D eigenvalue weighted by Gasteiger charge is -2.13. The van der Waals surface area contributed by atoms with E-state index in [1.165, 1.54) is 0 Å². The van der Waals surface area contributed by atoms with E-state index in [9.17, 15) is 0 Å². The lowest BCUT2D eigenvalue weighted by atomic mass is 9.98. The van der Waals surface area contributed by atoms with Crippen LogP contribution in [0.1, 0.15) is 12.7 Å². The molecule has 0 atom stereocenters. The number of pyridine rings is 1. The van der Waals surface area contributed by atoms with E-state index < -0.39 is 0 Å². The molecule has 0 fully saturated rings. The lowest BCUT2D eigenvalue weighted by molar-refractivity contribution is 0.908. The van der Waals surface area contributed by atoms with Crippen molar-refractivity contribution in [3.63, 3.8) is 0 Å². The molecule has 0 aliphatic rings. The van der Waals surface area contributed by atoms with Crippen LogP contribution in [0.25, 0.3) is 83.6 Å². The molecule has 3 aromatic heterocycles. The molecular weight excluding hydrogens is 599 g/mol. The molecule has 9 rings (SSSR count). The standard InChI is InChI=1S/C44H31N5/c1-2-40-48-43-39(49(40)33-18-10-5-11-19-33)27-26-35-34-20-12-13-21-36(34)45-42(41(35)43)31-22-24-32(25-23-31)44-46-37(29-14-6-3-7-15-29)28-38(47-44)30-16-8-4-9-17-30/h3-28H,2H2,1H3. The first-order chi connectivity index (χ1) is 24.2. The van der Waals surface area contributed by atoms with E-state index in [0.717, 1.165) is 90.0 Å². The molecule has 0 aliphatic carbocycles. The van der Waals surface area contributed by atoms with Crippen LogP contribution in [0.5, 0.6) is 0 Å². The summed E-state index contributed by atoms with van der Waals surface area (Å²) >= 11 is 0. The molecule has 0 bridgehead atoms. The maximum absolute atomic E-state index is 5.29. The van der Waals surface area contributed by atoms with Crippen molar-refractivity contribution in [2.24, 2.45) is 0 Å². The summed E-state index contributed by atoms with van der Waals surface area (Å²) in [7, 11) is 0. The quantitative estimate of drug-likeness (QED) is 0.172. The summed E-state index contributed by atoms with van der Waals surface area (Å²) in [5.74, 6) is 1.70. The average Bonchev–Trinajstić information content (AvgIpc) is 3.57. The Bertz CT molecular complexity index is 2550. The second-order valence-corrected chi connectivity index (χ2v) is 12.2. The molecule has 0 spiro atoms. The van der Waals surface area contributed by atoms with Crippen LogP contribution in [0, 0.1) is 0 Å². The van der Waals surface area contributed by atoms with Crippen LogP contribution < -0.4 is 0 Å². The van der Waals surface area contributed by atoms with Crippen molar-refractivity contribution >= 4 is 32.7 Å². The number of fused-ring (bicyclic) bond motifs is 5. The van der Waals surface area contributed by atoms with Crippen molar-refractivity contribution in [2.45, 2.75) is 13.3 Å². The molecule has 6 aromatic carbocycles. The van der Waals surface area contributed by atoms with E-state index in [1.807, 2.05) is 48.5 Å². The van der Waals surface area contributed by atoms with Gasteiger partial charge in [0.1, 0.15) is 5.82 Å². The third-order valence-electron chi connectivity index (χ3n) is 9.17. The van der Waals surface area contributed by atoms with Crippen molar-refractivity contribution < 1.29 is 0 Å². The van der Waals surface area contributed by atoms with E-state index in [1.54, 1.807) is 0 Å². The zero-order chi connectivity index (χ0) is 32.7. The number of rotatable bonds is 6. The maximum atomic E-state index is 5.29. The number of para-hydroxylation sites is 2. The lowest BCUT2D eigenvalue weighted by Crippen LogP contribution is -1.99. The number of aryl methyl sites for hydroxylation is 1. The molecule has 0 unspecified atom stereocenters. The number of aromatic nitrogens is 5. The van der Waals surface area contributed by atoms with Crippen LogP contribution in [0.4, 0.5) is 0 Å². The zero-order valence-electron chi connectivity index (χ0n) is 27.0. The van der Waals surface area contributed by atoms with Crippen molar-refractivity contribution in [3.8, 4) is 50.8 Å². The summed E-state index contributed by atoms with van der Waals surface area (Å²) in [4.78, 5) is 20.7. The Labute approximate surface area is 284 Å². The number of imidazole rings is 1. The molecular formula is C44H31N5. The highest BCUT2D eigenvalue weighted by atomic mass is 15.1. The summed E-state index contributed by atoms with van der Waals surface area (Å²) in [6.07, 6.45) is 0.809. The van der Waals surface area contributed by atoms with Gasteiger partial charge in [0, 0.05) is 45.1 Å². The summed E-state index contributed by atoms with van der Waals surface area (Å²) in [5.41, 5.74) is 10.8. The van der Waals surface area contributed by atoms with Gasteiger partial charge in [-0.25, -0.2) is 19.9 Å². The van der Waals surface area contributed by atoms with Crippen LogP contribution in [0.3, 0.4) is 0 Å². The molecule has 0 N–H and O–H groups in total. The minimum atomic E-state index is 0.680. The number of hydrogen-bond acceptors (Lipinski definition) is 4. The predicted octanol–water partition coefficient (Wildman–Crippen LogP) is 10.7. The Kier molecular flexibility index (Phi) is 7.02. The molecule has 5 heteroatoms. The molecule has 0 saturated carbocycles. The van der Waals surface area contributed by atoms with Gasteiger partial charge < -0.3 is 0 Å². The second kappa shape index (κ2) is 12.0.